The van der Waals surface area contributed by atoms with Crippen molar-refractivity contribution in [3.05, 3.63) is 46.6 Å². The molecule has 0 atom stereocenters. The molecule has 0 heterocycles. The lowest BCUT2D eigenvalue weighted by Crippen LogP contribution is -1.87. The van der Waals surface area contributed by atoms with Crippen molar-refractivity contribution in [3.63, 3.8) is 0 Å². The number of rotatable bonds is 9. The maximum absolute atomic E-state index is 9.06. The summed E-state index contributed by atoms with van der Waals surface area (Å²) in [6, 6.07) is 0. The van der Waals surface area contributed by atoms with Crippen LogP contribution in [0.15, 0.2) is 46.6 Å². The standard InChI is InChI=1S/C19H32O/c1-16(2)8-6-9-18(5)10-7-11-19(14-15-20)13-12-17(3)4/h8,10,12,14,20H,6-7,9,11,13,15H2,1-5H3. The van der Waals surface area contributed by atoms with E-state index in [9.17, 15) is 0 Å². The molecular weight excluding hydrogens is 244 g/mol. The maximum atomic E-state index is 9.06. The van der Waals surface area contributed by atoms with E-state index in [4.69, 9.17) is 5.11 Å². The zero-order valence-corrected chi connectivity index (χ0v) is 14.0. The molecule has 0 spiro atoms. The minimum Gasteiger partial charge on any atom is -0.392 e. The molecule has 1 nitrogen and oxygen atoms in total. The van der Waals surface area contributed by atoms with Gasteiger partial charge in [-0.3, -0.25) is 0 Å². The third-order valence-electron chi connectivity index (χ3n) is 3.20. The van der Waals surface area contributed by atoms with E-state index < -0.39 is 0 Å². The van der Waals surface area contributed by atoms with Crippen molar-refractivity contribution in [3.8, 4) is 0 Å². The number of allylic oxidation sites excluding steroid dienone is 7. The summed E-state index contributed by atoms with van der Waals surface area (Å²) in [5.74, 6) is 0. The lowest BCUT2D eigenvalue weighted by atomic mass is 10.0. The first-order valence-electron chi connectivity index (χ1n) is 7.66. The van der Waals surface area contributed by atoms with Gasteiger partial charge >= 0.3 is 0 Å². The fourth-order valence-corrected chi connectivity index (χ4v) is 1.95. The van der Waals surface area contributed by atoms with Crippen molar-refractivity contribution < 1.29 is 5.11 Å². The first kappa shape index (κ1) is 18.9. The lowest BCUT2D eigenvalue weighted by molar-refractivity contribution is 0.341. The van der Waals surface area contributed by atoms with Crippen LogP contribution in [0.4, 0.5) is 0 Å². The summed E-state index contributed by atoms with van der Waals surface area (Å²) < 4.78 is 0. The first-order valence-corrected chi connectivity index (χ1v) is 7.66. The molecule has 0 aliphatic rings. The smallest absolute Gasteiger partial charge is 0.0615 e. The summed E-state index contributed by atoms with van der Waals surface area (Å²) in [5.41, 5.74) is 5.53. The molecule has 0 amide bonds. The topological polar surface area (TPSA) is 20.2 Å². The zero-order valence-electron chi connectivity index (χ0n) is 14.0. The number of aliphatic hydroxyl groups is 1. The van der Waals surface area contributed by atoms with Crippen LogP contribution in [0.25, 0.3) is 0 Å². The summed E-state index contributed by atoms with van der Waals surface area (Å²) in [7, 11) is 0. The molecule has 0 aliphatic carbocycles. The highest BCUT2D eigenvalue weighted by atomic mass is 16.2. The van der Waals surface area contributed by atoms with Crippen molar-refractivity contribution in [2.45, 2.75) is 66.7 Å². The van der Waals surface area contributed by atoms with E-state index in [1.54, 1.807) is 0 Å². The van der Waals surface area contributed by atoms with Crippen molar-refractivity contribution >= 4 is 0 Å². The number of hydrogen-bond donors (Lipinski definition) is 1. The third kappa shape index (κ3) is 12.0. The molecule has 0 aromatic carbocycles. The SMILES string of the molecule is CC(C)=CCCC(C)=CCCC(=CCO)CC=C(C)C. The van der Waals surface area contributed by atoms with Crippen molar-refractivity contribution in [2.75, 3.05) is 6.61 Å². The van der Waals surface area contributed by atoms with Crippen LogP contribution in [-0.2, 0) is 0 Å². The van der Waals surface area contributed by atoms with Gasteiger partial charge in [0.15, 0.2) is 0 Å². The van der Waals surface area contributed by atoms with Gasteiger partial charge in [0.2, 0.25) is 0 Å². The fourth-order valence-electron chi connectivity index (χ4n) is 1.95. The van der Waals surface area contributed by atoms with E-state index in [2.05, 4.69) is 52.8 Å². The average molecular weight is 276 g/mol. The Balaban J connectivity index is 4.18. The number of aliphatic hydroxyl groups excluding tert-OH is 1. The Kier molecular flexibility index (Phi) is 11.1. The van der Waals surface area contributed by atoms with Crippen LogP contribution in [0.1, 0.15) is 66.7 Å². The number of hydrogen-bond acceptors (Lipinski definition) is 1. The van der Waals surface area contributed by atoms with Gasteiger partial charge in [0.1, 0.15) is 0 Å². The van der Waals surface area contributed by atoms with Crippen molar-refractivity contribution in [1.82, 2.24) is 0 Å². The Morgan fingerprint density at radius 3 is 1.90 bits per heavy atom. The largest absolute Gasteiger partial charge is 0.392 e. The normalized spacial score (nSPS) is 12.3. The summed E-state index contributed by atoms with van der Waals surface area (Å²) in [6.07, 6.45) is 14.2. The van der Waals surface area contributed by atoms with Crippen LogP contribution in [0, 0.1) is 0 Å². The molecule has 0 bridgehead atoms. The average Bonchev–Trinajstić information content (AvgIpc) is 2.35. The van der Waals surface area contributed by atoms with Crippen LogP contribution >= 0.6 is 0 Å². The molecule has 0 aromatic rings. The predicted molar refractivity (Wildman–Crippen MR) is 90.9 cm³/mol. The lowest BCUT2D eigenvalue weighted by Gasteiger charge is -2.04. The van der Waals surface area contributed by atoms with E-state index >= 15 is 0 Å². The monoisotopic (exact) mass is 276 g/mol. The van der Waals surface area contributed by atoms with Gasteiger partial charge in [0.25, 0.3) is 0 Å². The van der Waals surface area contributed by atoms with E-state index in [0.717, 1.165) is 32.1 Å². The van der Waals surface area contributed by atoms with E-state index in [1.807, 2.05) is 6.08 Å². The molecule has 1 heteroatoms. The molecule has 0 aromatic heterocycles. The van der Waals surface area contributed by atoms with Crippen molar-refractivity contribution in [2.24, 2.45) is 0 Å². The first-order chi connectivity index (χ1) is 9.45. The molecule has 0 saturated heterocycles. The minimum atomic E-state index is 0.148. The van der Waals surface area contributed by atoms with E-state index in [1.165, 1.54) is 22.3 Å². The van der Waals surface area contributed by atoms with Crippen LogP contribution in [0.3, 0.4) is 0 Å². The second kappa shape index (κ2) is 11.7. The molecule has 0 radical (unpaired) electrons. The van der Waals surface area contributed by atoms with Gasteiger partial charge in [-0.2, -0.15) is 0 Å². The second-order valence-electron chi connectivity index (χ2n) is 5.94. The Bertz CT molecular complexity index is 373. The quantitative estimate of drug-likeness (QED) is 0.533. The zero-order chi connectivity index (χ0) is 15.4. The van der Waals surface area contributed by atoms with Crippen LogP contribution in [0.2, 0.25) is 0 Å². The highest BCUT2D eigenvalue weighted by Crippen LogP contribution is 2.15. The van der Waals surface area contributed by atoms with Gasteiger partial charge in [-0.05, 0) is 66.7 Å². The van der Waals surface area contributed by atoms with E-state index in [0.29, 0.717) is 0 Å². The Morgan fingerprint density at radius 2 is 1.35 bits per heavy atom. The maximum Gasteiger partial charge on any atom is 0.0615 e. The summed E-state index contributed by atoms with van der Waals surface area (Å²) >= 11 is 0. The fraction of sp³-hybridized carbons (Fsp3) is 0.579. The molecule has 114 valence electrons. The van der Waals surface area contributed by atoms with Gasteiger partial charge in [-0.15, -0.1) is 0 Å². The summed E-state index contributed by atoms with van der Waals surface area (Å²) in [4.78, 5) is 0. The third-order valence-corrected chi connectivity index (χ3v) is 3.20. The van der Waals surface area contributed by atoms with Gasteiger partial charge in [-0.25, -0.2) is 0 Å². The molecule has 0 fully saturated rings. The van der Waals surface area contributed by atoms with Crippen molar-refractivity contribution in [1.29, 1.82) is 0 Å². The Hall–Kier alpha value is -1.08. The van der Waals surface area contributed by atoms with Gasteiger partial charge in [0, 0.05) is 0 Å². The Labute approximate surface area is 125 Å². The Morgan fingerprint density at radius 1 is 0.750 bits per heavy atom. The summed E-state index contributed by atoms with van der Waals surface area (Å²) in [5, 5.41) is 9.06. The molecule has 0 aliphatic heterocycles. The predicted octanol–water partition coefficient (Wildman–Crippen LogP) is 5.73. The molecule has 20 heavy (non-hydrogen) atoms. The molecular formula is C19H32O. The van der Waals surface area contributed by atoms with Gasteiger partial charge in [-0.1, -0.05) is 46.6 Å². The molecule has 0 unspecified atom stereocenters. The van der Waals surface area contributed by atoms with E-state index in [-0.39, 0.29) is 6.61 Å². The molecule has 0 saturated carbocycles. The van der Waals surface area contributed by atoms with Crippen LogP contribution in [-0.4, -0.2) is 11.7 Å². The minimum absolute atomic E-state index is 0.148. The van der Waals surface area contributed by atoms with Crippen LogP contribution < -0.4 is 0 Å². The second-order valence-corrected chi connectivity index (χ2v) is 5.94. The highest BCUT2D eigenvalue weighted by molar-refractivity contribution is 5.12. The molecule has 1 N–H and O–H groups in total. The molecule has 0 rings (SSSR count). The van der Waals surface area contributed by atoms with Gasteiger partial charge in [0.05, 0.1) is 6.61 Å². The van der Waals surface area contributed by atoms with Crippen LogP contribution in [0.5, 0.6) is 0 Å². The summed E-state index contributed by atoms with van der Waals surface area (Å²) in [6.45, 7) is 10.9. The van der Waals surface area contributed by atoms with Gasteiger partial charge < -0.3 is 5.11 Å². The highest BCUT2D eigenvalue weighted by Gasteiger charge is 1.96.